The molecule has 1 aliphatic rings. The molecule has 2 unspecified atom stereocenters. The Bertz CT molecular complexity index is 621. The molecule has 2 rings (SSSR count). The van der Waals surface area contributed by atoms with Gasteiger partial charge in [-0.2, -0.15) is 0 Å². The average Bonchev–Trinajstić information content (AvgIpc) is 2.80. The molecule has 0 radical (unpaired) electrons. The molecular formula is C14H21NO4S2. The number of rotatable bonds is 4. The van der Waals surface area contributed by atoms with Crippen LogP contribution in [0.5, 0.6) is 0 Å². The van der Waals surface area contributed by atoms with Crippen LogP contribution in [0.3, 0.4) is 0 Å². The molecule has 7 heteroatoms. The van der Waals surface area contributed by atoms with Gasteiger partial charge in [0, 0.05) is 5.38 Å². The van der Waals surface area contributed by atoms with Gasteiger partial charge in [0.2, 0.25) is 10.0 Å². The van der Waals surface area contributed by atoms with Crippen molar-refractivity contribution in [2.45, 2.75) is 56.3 Å². The first kappa shape index (κ1) is 16.5. The van der Waals surface area contributed by atoms with Crippen molar-refractivity contribution in [3.05, 3.63) is 16.5 Å². The summed E-state index contributed by atoms with van der Waals surface area (Å²) in [6.45, 7) is 3.73. The van der Waals surface area contributed by atoms with E-state index in [1.54, 1.807) is 6.92 Å². The minimum atomic E-state index is -3.78. The van der Waals surface area contributed by atoms with Crippen molar-refractivity contribution >= 4 is 27.3 Å². The number of hydrogen-bond donors (Lipinski definition) is 1. The highest BCUT2D eigenvalue weighted by Crippen LogP contribution is 2.31. The topological polar surface area (TPSA) is 86.5 Å². The molecule has 1 heterocycles. The molecule has 0 saturated heterocycles. The van der Waals surface area contributed by atoms with Crippen molar-refractivity contribution in [2.75, 3.05) is 0 Å². The Morgan fingerprint density at radius 1 is 1.48 bits per heavy atom. The Balaban J connectivity index is 2.09. The number of thiophene rings is 1. The molecule has 1 aliphatic carbocycles. The van der Waals surface area contributed by atoms with E-state index in [-0.39, 0.29) is 10.3 Å². The summed E-state index contributed by atoms with van der Waals surface area (Å²) in [5.41, 5.74) is 0.693. The largest absolute Gasteiger partial charge is 0.459 e. The van der Waals surface area contributed by atoms with E-state index in [0.717, 1.165) is 37.0 Å². The van der Waals surface area contributed by atoms with E-state index >= 15 is 0 Å². The van der Waals surface area contributed by atoms with E-state index in [0.29, 0.717) is 17.0 Å². The van der Waals surface area contributed by atoms with Crippen molar-refractivity contribution < 1.29 is 17.9 Å². The third kappa shape index (κ3) is 3.84. The number of hydrogen-bond acceptors (Lipinski definition) is 5. The lowest BCUT2D eigenvalue weighted by atomic mass is 9.85. The Labute approximate surface area is 129 Å². The van der Waals surface area contributed by atoms with Crippen molar-refractivity contribution in [3.8, 4) is 0 Å². The Morgan fingerprint density at radius 2 is 2.19 bits per heavy atom. The predicted molar refractivity (Wildman–Crippen MR) is 81.9 cm³/mol. The quantitative estimate of drug-likeness (QED) is 0.860. The predicted octanol–water partition coefficient (Wildman–Crippen LogP) is 2.83. The highest BCUT2D eigenvalue weighted by atomic mass is 32.2. The highest BCUT2D eigenvalue weighted by molar-refractivity contribution is 7.91. The summed E-state index contributed by atoms with van der Waals surface area (Å²) in [5, 5.41) is 6.63. The number of ether oxygens (including phenoxy) is 1. The molecule has 1 aromatic heterocycles. The van der Waals surface area contributed by atoms with Crippen LogP contribution in [0.1, 0.15) is 54.9 Å². The second-order valence-electron chi connectivity index (χ2n) is 5.58. The van der Waals surface area contributed by atoms with Crippen LogP contribution in [-0.4, -0.2) is 20.5 Å². The molecular weight excluding hydrogens is 310 g/mol. The monoisotopic (exact) mass is 331 g/mol. The fourth-order valence-corrected chi connectivity index (χ4v) is 4.82. The van der Waals surface area contributed by atoms with Gasteiger partial charge in [-0.15, -0.1) is 11.3 Å². The molecule has 1 aromatic rings. The summed E-state index contributed by atoms with van der Waals surface area (Å²) in [7, 11) is -3.78. The lowest BCUT2D eigenvalue weighted by Gasteiger charge is -2.28. The van der Waals surface area contributed by atoms with Gasteiger partial charge < -0.3 is 4.74 Å². The van der Waals surface area contributed by atoms with Gasteiger partial charge >= 0.3 is 5.97 Å². The summed E-state index contributed by atoms with van der Waals surface area (Å²) < 4.78 is 28.4. The normalized spacial score (nSPS) is 23.0. The highest BCUT2D eigenvalue weighted by Gasteiger charge is 2.27. The maximum absolute atomic E-state index is 12.2. The molecule has 2 N–H and O–H groups in total. The van der Waals surface area contributed by atoms with Crippen molar-refractivity contribution in [3.63, 3.8) is 0 Å². The number of carbonyl (C=O) groups excluding carboxylic acids is 1. The SMILES string of the molecule is CCC1CCCC(OC(=O)c2csc(S(N)(=O)=O)c2C)C1. The summed E-state index contributed by atoms with van der Waals surface area (Å²) in [4.78, 5) is 12.2. The van der Waals surface area contributed by atoms with Crippen LogP contribution < -0.4 is 5.14 Å². The fourth-order valence-electron chi connectivity index (χ4n) is 2.82. The van der Waals surface area contributed by atoms with Crippen LogP contribution in [0, 0.1) is 12.8 Å². The molecule has 0 amide bonds. The fraction of sp³-hybridized carbons (Fsp3) is 0.643. The molecule has 1 saturated carbocycles. The Hall–Kier alpha value is -0.920. The van der Waals surface area contributed by atoms with Crippen molar-refractivity contribution in [2.24, 2.45) is 11.1 Å². The summed E-state index contributed by atoms with van der Waals surface area (Å²) in [5.74, 6) is 0.167. The lowest BCUT2D eigenvalue weighted by Crippen LogP contribution is -2.25. The van der Waals surface area contributed by atoms with Gasteiger partial charge in [-0.1, -0.05) is 19.8 Å². The number of nitrogens with two attached hydrogens (primary N) is 1. The van der Waals surface area contributed by atoms with Gasteiger partial charge in [-0.25, -0.2) is 18.4 Å². The zero-order valence-electron chi connectivity index (χ0n) is 12.3. The van der Waals surface area contributed by atoms with Crippen LogP contribution >= 0.6 is 11.3 Å². The Morgan fingerprint density at radius 3 is 2.76 bits per heavy atom. The van der Waals surface area contributed by atoms with Crippen LogP contribution in [0.15, 0.2) is 9.59 Å². The van der Waals surface area contributed by atoms with Gasteiger partial charge in [0.1, 0.15) is 10.3 Å². The van der Waals surface area contributed by atoms with Gasteiger partial charge in [0.25, 0.3) is 0 Å². The number of primary sulfonamides is 1. The standard InChI is InChI=1S/C14H21NO4S2/c1-3-10-5-4-6-11(7-10)19-13(16)12-8-20-14(9(12)2)21(15,17)18/h8,10-11H,3-7H2,1-2H3,(H2,15,17,18). The van der Waals surface area contributed by atoms with Crippen LogP contribution in [0.2, 0.25) is 0 Å². The summed E-state index contributed by atoms with van der Waals surface area (Å²) in [6.07, 6.45) is 5.08. The second kappa shape index (κ2) is 6.46. The molecule has 0 aliphatic heterocycles. The smallest absolute Gasteiger partial charge is 0.339 e. The van der Waals surface area contributed by atoms with Crippen LogP contribution in [-0.2, 0) is 14.8 Å². The van der Waals surface area contributed by atoms with Gasteiger partial charge in [0.05, 0.1) is 5.56 Å². The molecule has 0 spiro atoms. The molecule has 118 valence electrons. The van der Waals surface area contributed by atoms with Gasteiger partial charge in [0.15, 0.2) is 0 Å². The molecule has 5 nitrogen and oxygen atoms in total. The number of sulfonamides is 1. The number of carbonyl (C=O) groups is 1. The zero-order valence-corrected chi connectivity index (χ0v) is 13.9. The maximum atomic E-state index is 12.2. The molecule has 1 fully saturated rings. The average molecular weight is 331 g/mol. The van der Waals surface area contributed by atoms with E-state index in [2.05, 4.69) is 6.92 Å². The van der Waals surface area contributed by atoms with E-state index in [1.807, 2.05) is 0 Å². The van der Waals surface area contributed by atoms with Crippen LogP contribution in [0.4, 0.5) is 0 Å². The first-order valence-electron chi connectivity index (χ1n) is 7.14. The zero-order chi connectivity index (χ0) is 15.6. The maximum Gasteiger partial charge on any atom is 0.339 e. The summed E-state index contributed by atoms with van der Waals surface area (Å²) in [6, 6.07) is 0. The van der Waals surface area contributed by atoms with E-state index in [1.165, 1.54) is 11.8 Å². The van der Waals surface area contributed by atoms with Crippen LogP contribution in [0.25, 0.3) is 0 Å². The lowest BCUT2D eigenvalue weighted by molar-refractivity contribution is 0.0139. The van der Waals surface area contributed by atoms with E-state index in [9.17, 15) is 13.2 Å². The van der Waals surface area contributed by atoms with Gasteiger partial charge in [-0.05, 0) is 37.7 Å². The van der Waals surface area contributed by atoms with E-state index in [4.69, 9.17) is 9.88 Å². The first-order valence-corrected chi connectivity index (χ1v) is 9.57. The number of esters is 1. The molecule has 0 bridgehead atoms. The first-order chi connectivity index (χ1) is 9.82. The molecule has 21 heavy (non-hydrogen) atoms. The second-order valence-corrected chi connectivity index (χ2v) is 8.21. The molecule has 0 aromatic carbocycles. The van der Waals surface area contributed by atoms with E-state index < -0.39 is 16.0 Å². The third-order valence-corrected chi connectivity index (χ3v) is 6.74. The van der Waals surface area contributed by atoms with Gasteiger partial charge in [-0.3, -0.25) is 0 Å². The minimum Gasteiger partial charge on any atom is -0.459 e. The van der Waals surface area contributed by atoms with Crippen molar-refractivity contribution in [1.29, 1.82) is 0 Å². The third-order valence-electron chi connectivity index (χ3n) is 4.06. The summed E-state index contributed by atoms with van der Waals surface area (Å²) >= 11 is 0.965. The van der Waals surface area contributed by atoms with Crippen molar-refractivity contribution in [1.82, 2.24) is 0 Å². The molecule has 2 atom stereocenters. The minimum absolute atomic E-state index is 0.0320. The Kier molecular flexibility index (Phi) is 5.06.